The van der Waals surface area contributed by atoms with Crippen LogP contribution in [0.4, 0.5) is 15.9 Å². The topological polar surface area (TPSA) is 64.9 Å². The molecule has 1 N–H and O–H groups in total. The highest BCUT2D eigenvalue weighted by Gasteiger charge is 2.48. The van der Waals surface area contributed by atoms with Crippen LogP contribution < -0.4 is 15.1 Å². The summed E-state index contributed by atoms with van der Waals surface area (Å²) in [4.78, 5) is 19.8. The first-order chi connectivity index (χ1) is 15.1. The Labute approximate surface area is 182 Å². The smallest absolute Gasteiger partial charge is 0.226 e. The Bertz CT molecular complexity index is 872. The zero-order valence-corrected chi connectivity index (χ0v) is 17.8. The third-order valence-electron chi connectivity index (χ3n) is 7.28. The highest BCUT2D eigenvalue weighted by atomic mass is 19.1. The highest BCUT2D eigenvalue weighted by molar-refractivity contribution is 5.85. The van der Waals surface area contributed by atoms with Crippen molar-refractivity contribution in [3.8, 4) is 0 Å². The summed E-state index contributed by atoms with van der Waals surface area (Å²) in [6.45, 7) is 6.58. The van der Waals surface area contributed by atoms with E-state index in [1.165, 1.54) is 12.1 Å². The lowest BCUT2D eigenvalue weighted by Crippen LogP contribution is -2.47. The van der Waals surface area contributed by atoms with E-state index in [1.807, 2.05) is 18.2 Å². The lowest BCUT2D eigenvalue weighted by Gasteiger charge is -2.37. The van der Waals surface area contributed by atoms with Gasteiger partial charge < -0.3 is 19.6 Å². The van der Waals surface area contributed by atoms with E-state index in [9.17, 15) is 9.18 Å². The number of anilines is 2. The Balaban J connectivity index is 1.08. The molecule has 166 valence electrons. The molecule has 4 heterocycles. The third kappa shape index (κ3) is 4.26. The normalized spacial score (nSPS) is 24.0. The molecule has 5 rings (SSSR count). The van der Waals surface area contributed by atoms with Gasteiger partial charge in [0.05, 0.1) is 5.41 Å². The van der Waals surface area contributed by atoms with Crippen LogP contribution in [0.15, 0.2) is 41.1 Å². The van der Waals surface area contributed by atoms with Gasteiger partial charge in [0.1, 0.15) is 12.1 Å². The summed E-state index contributed by atoms with van der Waals surface area (Å²) in [6, 6.07) is 8.90. The molecule has 31 heavy (non-hydrogen) atoms. The van der Waals surface area contributed by atoms with Crippen molar-refractivity contribution in [2.24, 2.45) is 5.41 Å². The van der Waals surface area contributed by atoms with Crippen LogP contribution in [0.1, 0.15) is 25.7 Å². The number of amides is 1. The standard InChI is InChI=1S/C23H30FN5O2/c24-18-1-3-20(4-2-18)28-14-12-27(13-15-28)9-5-19-17-23(22(30)25-19)7-10-29(11-8-23)21-6-16-31-26-21/h1-4,6,16,19H,5,7-15,17H2,(H,25,30). The number of carbonyl (C=O) groups is 1. The first-order valence-electron chi connectivity index (χ1n) is 11.3. The van der Waals surface area contributed by atoms with Gasteiger partial charge in [-0.3, -0.25) is 9.69 Å². The summed E-state index contributed by atoms with van der Waals surface area (Å²) in [7, 11) is 0. The van der Waals surface area contributed by atoms with Crippen LogP contribution in [-0.2, 0) is 4.79 Å². The van der Waals surface area contributed by atoms with E-state index < -0.39 is 0 Å². The van der Waals surface area contributed by atoms with E-state index in [1.54, 1.807) is 6.26 Å². The molecule has 8 heteroatoms. The zero-order chi connectivity index (χ0) is 21.3. The molecular formula is C23H30FN5O2. The Morgan fingerprint density at radius 2 is 1.77 bits per heavy atom. The van der Waals surface area contributed by atoms with Crippen molar-refractivity contribution in [2.45, 2.75) is 31.7 Å². The molecule has 2 aromatic rings. The Kier molecular flexibility index (Phi) is 5.56. The lowest BCUT2D eigenvalue weighted by atomic mass is 9.75. The predicted octanol–water partition coefficient (Wildman–Crippen LogP) is 2.50. The lowest BCUT2D eigenvalue weighted by molar-refractivity contribution is -0.128. The number of piperidine rings is 1. The van der Waals surface area contributed by atoms with E-state index in [2.05, 4.69) is 25.2 Å². The number of aromatic nitrogens is 1. The molecule has 1 unspecified atom stereocenters. The maximum Gasteiger partial charge on any atom is 0.226 e. The number of halogens is 1. The SMILES string of the molecule is O=C1NC(CCN2CCN(c3ccc(F)cc3)CC2)CC12CCN(c1ccon1)CC2. The molecule has 0 saturated carbocycles. The number of rotatable bonds is 5. The summed E-state index contributed by atoms with van der Waals surface area (Å²) < 4.78 is 18.1. The molecular weight excluding hydrogens is 397 g/mol. The fourth-order valence-electron chi connectivity index (χ4n) is 5.31. The molecule has 1 spiro atoms. The van der Waals surface area contributed by atoms with Crippen molar-refractivity contribution in [3.63, 3.8) is 0 Å². The largest absolute Gasteiger partial charge is 0.369 e. The van der Waals surface area contributed by atoms with Crippen molar-refractivity contribution in [3.05, 3.63) is 42.4 Å². The zero-order valence-electron chi connectivity index (χ0n) is 17.8. The van der Waals surface area contributed by atoms with E-state index >= 15 is 0 Å². The number of benzene rings is 1. The first-order valence-corrected chi connectivity index (χ1v) is 11.3. The van der Waals surface area contributed by atoms with Gasteiger partial charge in [-0.15, -0.1) is 0 Å². The Morgan fingerprint density at radius 3 is 2.45 bits per heavy atom. The monoisotopic (exact) mass is 427 g/mol. The van der Waals surface area contributed by atoms with E-state index in [0.29, 0.717) is 0 Å². The van der Waals surface area contributed by atoms with Gasteiger partial charge in [-0.05, 0) is 49.9 Å². The third-order valence-corrected chi connectivity index (χ3v) is 7.28. The minimum absolute atomic E-state index is 0.192. The van der Waals surface area contributed by atoms with Crippen molar-refractivity contribution < 1.29 is 13.7 Å². The second-order valence-electron chi connectivity index (χ2n) is 9.09. The minimum Gasteiger partial charge on any atom is -0.369 e. The maximum absolute atomic E-state index is 13.1. The van der Waals surface area contributed by atoms with E-state index in [0.717, 1.165) is 83.0 Å². The summed E-state index contributed by atoms with van der Waals surface area (Å²) >= 11 is 0. The van der Waals surface area contributed by atoms with Crippen LogP contribution in [0.2, 0.25) is 0 Å². The van der Waals surface area contributed by atoms with Gasteiger partial charge in [-0.1, -0.05) is 5.16 Å². The molecule has 3 fully saturated rings. The molecule has 0 aliphatic carbocycles. The van der Waals surface area contributed by atoms with Gasteiger partial charge in [-0.25, -0.2) is 4.39 Å². The van der Waals surface area contributed by atoms with E-state index in [4.69, 9.17) is 4.52 Å². The molecule has 3 saturated heterocycles. The van der Waals surface area contributed by atoms with Gasteiger partial charge in [0.15, 0.2) is 5.82 Å². The molecule has 0 bridgehead atoms. The molecule has 7 nitrogen and oxygen atoms in total. The maximum atomic E-state index is 13.1. The quantitative estimate of drug-likeness (QED) is 0.791. The molecule has 1 amide bonds. The molecule has 3 aliphatic heterocycles. The Morgan fingerprint density at radius 1 is 1.03 bits per heavy atom. The minimum atomic E-state index is -0.216. The van der Waals surface area contributed by atoms with Gasteiger partial charge in [0.25, 0.3) is 0 Å². The fourth-order valence-corrected chi connectivity index (χ4v) is 5.31. The van der Waals surface area contributed by atoms with Crippen LogP contribution >= 0.6 is 0 Å². The number of nitrogens with zero attached hydrogens (tertiary/aromatic N) is 4. The average molecular weight is 428 g/mol. The van der Waals surface area contributed by atoms with Crippen molar-refractivity contribution in [2.75, 3.05) is 55.6 Å². The Hall–Kier alpha value is -2.61. The van der Waals surface area contributed by atoms with Gasteiger partial charge >= 0.3 is 0 Å². The van der Waals surface area contributed by atoms with Gasteiger partial charge in [0.2, 0.25) is 5.91 Å². The van der Waals surface area contributed by atoms with E-state index in [-0.39, 0.29) is 23.2 Å². The second kappa shape index (κ2) is 8.49. The number of carbonyl (C=O) groups excluding carboxylic acids is 1. The highest BCUT2D eigenvalue weighted by Crippen LogP contribution is 2.41. The number of nitrogens with one attached hydrogen (secondary N) is 1. The first kappa shape index (κ1) is 20.3. The summed E-state index contributed by atoms with van der Waals surface area (Å²) in [5.41, 5.74) is 0.870. The van der Waals surface area contributed by atoms with Crippen LogP contribution in [-0.4, -0.2) is 67.8 Å². The van der Waals surface area contributed by atoms with Gasteiger partial charge in [0, 0.05) is 63.6 Å². The average Bonchev–Trinajstić information content (AvgIpc) is 3.43. The summed E-state index contributed by atoms with van der Waals surface area (Å²) in [5.74, 6) is 0.908. The molecule has 3 aliphatic rings. The predicted molar refractivity (Wildman–Crippen MR) is 117 cm³/mol. The van der Waals surface area contributed by atoms with Crippen LogP contribution in [0.25, 0.3) is 0 Å². The fraction of sp³-hybridized carbons (Fsp3) is 0.565. The molecule has 1 atom stereocenters. The number of piperazine rings is 1. The molecule has 1 aromatic carbocycles. The second-order valence-corrected chi connectivity index (χ2v) is 9.09. The van der Waals surface area contributed by atoms with Crippen molar-refractivity contribution >= 4 is 17.4 Å². The van der Waals surface area contributed by atoms with Crippen LogP contribution in [0.5, 0.6) is 0 Å². The van der Waals surface area contributed by atoms with Crippen LogP contribution in [0.3, 0.4) is 0 Å². The molecule has 0 radical (unpaired) electrons. The summed E-state index contributed by atoms with van der Waals surface area (Å²) in [6.07, 6.45) is 5.28. The summed E-state index contributed by atoms with van der Waals surface area (Å²) in [5, 5.41) is 7.30. The number of hydrogen-bond acceptors (Lipinski definition) is 6. The van der Waals surface area contributed by atoms with Crippen molar-refractivity contribution in [1.29, 1.82) is 0 Å². The van der Waals surface area contributed by atoms with Crippen LogP contribution in [0, 0.1) is 11.2 Å². The number of hydrogen-bond donors (Lipinski definition) is 1. The molecule has 1 aromatic heterocycles. The van der Waals surface area contributed by atoms with Gasteiger partial charge in [-0.2, -0.15) is 0 Å². The van der Waals surface area contributed by atoms with Crippen molar-refractivity contribution in [1.82, 2.24) is 15.4 Å².